The van der Waals surface area contributed by atoms with Gasteiger partial charge in [-0.1, -0.05) is 12.1 Å². The molecular weight excluding hydrogens is 393 g/mol. The summed E-state index contributed by atoms with van der Waals surface area (Å²) in [6.45, 7) is 1.12. The highest BCUT2D eigenvalue weighted by atomic mass is 19.4. The molecule has 1 aliphatic rings. The van der Waals surface area contributed by atoms with Gasteiger partial charge in [-0.3, -0.25) is 14.8 Å². The summed E-state index contributed by atoms with van der Waals surface area (Å²) in [5.74, 6) is -0.118. The van der Waals surface area contributed by atoms with Crippen molar-refractivity contribution in [1.29, 1.82) is 0 Å². The second kappa shape index (κ2) is 8.22. The van der Waals surface area contributed by atoms with Crippen molar-refractivity contribution >= 4 is 5.91 Å². The van der Waals surface area contributed by atoms with Gasteiger partial charge >= 0.3 is 6.18 Å². The Morgan fingerprint density at radius 1 is 1.07 bits per heavy atom. The Balaban J connectivity index is 1.56. The third kappa shape index (κ3) is 4.32. The average molecular weight is 412 g/mol. The molecule has 0 aliphatic carbocycles. The lowest BCUT2D eigenvalue weighted by Gasteiger charge is -2.32. The zero-order valence-electron chi connectivity index (χ0n) is 16.0. The van der Waals surface area contributed by atoms with Crippen molar-refractivity contribution in [3.8, 4) is 11.3 Å². The number of hydrogen-bond acceptors (Lipinski definition) is 4. The molecule has 0 spiro atoms. The van der Waals surface area contributed by atoms with Crippen LogP contribution in [0, 0.1) is 0 Å². The molecule has 4 rings (SSSR count). The topological polar surface area (TPSA) is 59.0 Å². The van der Waals surface area contributed by atoms with E-state index >= 15 is 0 Å². The van der Waals surface area contributed by atoms with Crippen molar-refractivity contribution in [3.05, 3.63) is 78.0 Å². The second-order valence-electron chi connectivity index (χ2n) is 7.24. The lowest BCUT2D eigenvalue weighted by molar-refractivity contribution is -0.137. The third-order valence-corrected chi connectivity index (χ3v) is 5.17. The molecule has 3 aromatic rings. The molecule has 1 amide bonds. The molecule has 2 aromatic heterocycles. The maximum Gasteiger partial charge on any atom is 0.416 e. The summed E-state index contributed by atoms with van der Waals surface area (Å²) in [6, 6.07) is 8.51. The van der Waals surface area contributed by atoms with Crippen LogP contribution in [0.25, 0.3) is 11.3 Å². The van der Waals surface area contributed by atoms with E-state index in [0.717, 1.165) is 25.0 Å². The number of piperidine rings is 1. The number of likely N-dealkylation sites (tertiary alicyclic amines) is 1. The van der Waals surface area contributed by atoms with Gasteiger partial charge in [0.2, 0.25) is 0 Å². The van der Waals surface area contributed by atoms with E-state index in [1.54, 1.807) is 41.7 Å². The average Bonchev–Trinajstić information content (AvgIpc) is 2.79. The van der Waals surface area contributed by atoms with Gasteiger partial charge in [0.15, 0.2) is 0 Å². The molecule has 1 aromatic carbocycles. The summed E-state index contributed by atoms with van der Waals surface area (Å²) < 4.78 is 39.1. The van der Waals surface area contributed by atoms with Crippen molar-refractivity contribution in [1.82, 2.24) is 19.9 Å². The molecule has 0 bridgehead atoms. The van der Waals surface area contributed by atoms with Crippen molar-refractivity contribution in [3.63, 3.8) is 0 Å². The number of halogens is 3. The fraction of sp³-hybridized carbons (Fsp3) is 0.273. The Morgan fingerprint density at radius 2 is 1.93 bits per heavy atom. The molecule has 0 unspecified atom stereocenters. The van der Waals surface area contributed by atoms with E-state index < -0.39 is 11.7 Å². The largest absolute Gasteiger partial charge is 0.416 e. The highest BCUT2D eigenvalue weighted by Crippen LogP contribution is 2.32. The molecule has 8 heteroatoms. The normalized spacial score (nSPS) is 17.0. The monoisotopic (exact) mass is 412 g/mol. The molecule has 1 fully saturated rings. The highest BCUT2D eigenvalue weighted by molar-refractivity contribution is 5.94. The first kappa shape index (κ1) is 20.0. The SMILES string of the molecule is O=C(c1cccnc1)N1CCC[C@H](c2cncc(-c3cccc(C(F)(F)F)c3)n2)C1. The van der Waals surface area contributed by atoms with Crippen LogP contribution in [0.5, 0.6) is 0 Å². The van der Waals surface area contributed by atoms with Crippen LogP contribution in [0.1, 0.15) is 40.4 Å². The standard InChI is InChI=1S/C22H19F3N4O/c23-22(24,25)18-7-1-4-15(10-18)19-12-27-13-20(28-19)17-6-3-9-29(14-17)21(30)16-5-2-8-26-11-16/h1-2,4-5,7-8,10-13,17H,3,6,9,14H2/t17-/m0/s1. The van der Waals surface area contributed by atoms with Crippen molar-refractivity contribution in [2.24, 2.45) is 0 Å². The number of rotatable bonds is 3. The second-order valence-corrected chi connectivity index (χ2v) is 7.24. The summed E-state index contributed by atoms with van der Waals surface area (Å²) >= 11 is 0. The molecule has 1 saturated heterocycles. The van der Waals surface area contributed by atoms with Gasteiger partial charge in [0.05, 0.1) is 28.7 Å². The number of carbonyl (C=O) groups is 1. The van der Waals surface area contributed by atoms with Crippen molar-refractivity contribution in [2.45, 2.75) is 24.9 Å². The van der Waals surface area contributed by atoms with Crippen molar-refractivity contribution < 1.29 is 18.0 Å². The van der Waals surface area contributed by atoms with E-state index in [-0.39, 0.29) is 11.8 Å². The number of pyridine rings is 1. The minimum atomic E-state index is -4.42. The molecule has 154 valence electrons. The molecule has 1 atom stereocenters. The Hall–Kier alpha value is -3.29. The molecule has 0 N–H and O–H groups in total. The van der Waals surface area contributed by atoms with Crippen LogP contribution in [0.2, 0.25) is 0 Å². The number of carbonyl (C=O) groups excluding carboxylic acids is 1. The lowest BCUT2D eigenvalue weighted by atomic mass is 9.94. The summed E-state index contributed by atoms with van der Waals surface area (Å²) in [4.78, 5) is 27.3. The molecule has 30 heavy (non-hydrogen) atoms. The maximum absolute atomic E-state index is 13.0. The van der Waals surface area contributed by atoms with Crippen LogP contribution >= 0.6 is 0 Å². The molecule has 5 nitrogen and oxygen atoms in total. The summed E-state index contributed by atoms with van der Waals surface area (Å²) in [7, 11) is 0. The van der Waals surface area contributed by atoms with Gasteiger partial charge in [-0.05, 0) is 37.1 Å². The molecule has 0 saturated carbocycles. The smallest absolute Gasteiger partial charge is 0.338 e. The Labute approximate surface area is 171 Å². The number of alkyl halides is 3. The summed E-state index contributed by atoms with van der Waals surface area (Å²) in [5.41, 5.74) is 1.22. The predicted octanol–water partition coefficient (Wildman–Crippen LogP) is 4.58. The van der Waals surface area contributed by atoms with Gasteiger partial charge in [0.1, 0.15) is 0 Å². The first-order valence-corrected chi connectivity index (χ1v) is 9.61. The first-order valence-electron chi connectivity index (χ1n) is 9.61. The van der Waals surface area contributed by atoms with E-state index in [9.17, 15) is 18.0 Å². The Kier molecular flexibility index (Phi) is 5.48. The fourth-order valence-electron chi connectivity index (χ4n) is 3.65. The van der Waals surface area contributed by atoms with Gasteiger partial charge in [-0.2, -0.15) is 13.2 Å². The quantitative estimate of drug-likeness (QED) is 0.632. The van der Waals surface area contributed by atoms with Crippen LogP contribution in [0.4, 0.5) is 13.2 Å². The van der Waals surface area contributed by atoms with Crippen LogP contribution in [-0.2, 0) is 6.18 Å². The van der Waals surface area contributed by atoms with Gasteiger partial charge in [-0.15, -0.1) is 0 Å². The van der Waals surface area contributed by atoms with Gasteiger partial charge in [-0.25, -0.2) is 4.98 Å². The van der Waals surface area contributed by atoms with Gasteiger partial charge in [0, 0.05) is 43.2 Å². The number of nitrogens with zero attached hydrogens (tertiary/aromatic N) is 4. The van der Waals surface area contributed by atoms with E-state index in [1.807, 2.05) is 0 Å². The van der Waals surface area contributed by atoms with Crippen LogP contribution in [-0.4, -0.2) is 38.8 Å². The number of amides is 1. The van der Waals surface area contributed by atoms with E-state index in [0.29, 0.717) is 35.6 Å². The number of benzene rings is 1. The zero-order chi connectivity index (χ0) is 21.1. The third-order valence-electron chi connectivity index (χ3n) is 5.17. The Bertz CT molecular complexity index is 1040. The lowest BCUT2D eigenvalue weighted by Crippen LogP contribution is -2.39. The van der Waals surface area contributed by atoms with Crippen LogP contribution in [0.15, 0.2) is 61.2 Å². The Morgan fingerprint density at radius 3 is 2.70 bits per heavy atom. The van der Waals surface area contributed by atoms with Gasteiger partial charge in [0.25, 0.3) is 5.91 Å². The maximum atomic E-state index is 13.0. The predicted molar refractivity (Wildman–Crippen MR) is 105 cm³/mol. The van der Waals surface area contributed by atoms with Gasteiger partial charge < -0.3 is 4.90 Å². The van der Waals surface area contributed by atoms with E-state index in [2.05, 4.69) is 15.0 Å². The van der Waals surface area contributed by atoms with E-state index in [4.69, 9.17) is 0 Å². The first-order chi connectivity index (χ1) is 14.4. The molecule has 0 radical (unpaired) electrons. The van der Waals surface area contributed by atoms with Crippen molar-refractivity contribution in [2.75, 3.05) is 13.1 Å². The summed E-state index contributed by atoms with van der Waals surface area (Å²) in [6.07, 6.45) is 3.46. The van der Waals surface area contributed by atoms with Crippen LogP contribution < -0.4 is 0 Å². The number of hydrogen-bond donors (Lipinski definition) is 0. The van der Waals surface area contributed by atoms with E-state index in [1.165, 1.54) is 12.3 Å². The highest BCUT2D eigenvalue weighted by Gasteiger charge is 2.31. The zero-order valence-corrected chi connectivity index (χ0v) is 16.0. The molecule has 1 aliphatic heterocycles. The molecular formula is C22H19F3N4O. The number of aromatic nitrogens is 3. The summed E-state index contributed by atoms with van der Waals surface area (Å²) in [5, 5.41) is 0. The molecule has 3 heterocycles. The van der Waals surface area contributed by atoms with Crippen LogP contribution in [0.3, 0.4) is 0 Å². The fourth-order valence-corrected chi connectivity index (χ4v) is 3.65. The minimum absolute atomic E-state index is 0.0300. The minimum Gasteiger partial charge on any atom is -0.338 e.